The van der Waals surface area contributed by atoms with Crippen molar-refractivity contribution in [3.63, 3.8) is 0 Å². The van der Waals surface area contributed by atoms with Crippen molar-refractivity contribution >= 4 is 5.82 Å². The van der Waals surface area contributed by atoms with Gasteiger partial charge in [-0.25, -0.2) is 0 Å². The molecule has 3 rings (SSSR count). The maximum absolute atomic E-state index is 5.91. The standard InChI is InChI=1S/C13H12N4O2/c1-18-10-5-3-2-4-9(10)11-12(19-17-13(11)14)8-6-15-16-7-8/h2-7H,1H3,(H2,14,17)(H,15,16). The van der Waals surface area contributed by atoms with Crippen LogP contribution in [0.5, 0.6) is 5.75 Å². The molecular formula is C13H12N4O2. The number of benzene rings is 1. The van der Waals surface area contributed by atoms with E-state index in [-0.39, 0.29) is 0 Å². The Kier molecular flexibility index (Phi) is 2.68. The summed E-state index contributed by atoms with van der Waals surface area (Å²) >= 11 is 0. The molecule has 0 bridgehead atoms. The topological polar surface area (TPSA) is 90.0 Å². The normalized spacial score (nSPS) is 10.6. The molecule has 0 aliphatic carbocycles. The maximum Gasteiger partial charge on any atom is 0.180 e. The average molecular weight is 256 g/mol. The van der Waals surface area contributed by atoms with Gasteiger partial charge in [0.25, 0.3) is 0 Å². The molecule has 6 nitrogen and oxygen atoms in total. The smallest absolute Gasteiger partial charge is 0.180 e. The van der Waals surface area contributed by atoms with Crippen LogP contribution in [0.15, 0.2) is 41.2 Å². The van der Waals surface area contributed by atoms with Crippen molar-refractivity contribution in [2.75, 3.05) is 12.8 Å². The largest absolute Gasteiger partial charge is 0.496 e. The summed E-state index contributed by atoms with van der Waals surface area (Å²) < 4.78 is 10.7. The maximum atomic E-state index is 5.91. The predicted octanol–water partition coefficient (Wildman–Crippen LogP) is 2.32. The fourth-order valence-corrected chi connectivity index (χ4v) is 1.99. The molecule has 2 aromatic heterocycles. The lowest BCUT2D eigenvalue weighted by Gasteiger charge is -2.07. The van der Waals surface area contributed by atoms with Gasteiger partial charge >= 0.3 is 0 Å². The fraction of sp³-hybridized carbons (Fsp3) is 0.0769. The number of para-hydroxylation sites is 1. The van der Waals surface area contributed by atoms with Gasteiger partial charge in [0.15, 0.2) is 11.6 Å². The van der Waals surface area contributed by atoms with Crippen molar-refractivity contribution in [2.45, 2.75) is 0 Å². The van der Waals surface area contributed by atoms with Crippen molar-refractivity contribution in [1.29, 1.82) is 0 Å². The molecule has 3 aromatic rings. The van der Waals surface area contributed by atoms with Crippen LogP contribution in [0.25, 0.3) is 22.5 Å². The minimum absolute atomic E-state index is 0.320. The predicted molar refractivity (Wildman–Crippen MR) is 70.5 cm³/mol. The monoisotopic (exact) mass is 256 g/mol. The lowest BCUT2D eigenvalue weighted by molar-refractivity contribution is 0.416. The number of nitrogens with two attached hydrogens (primary N) is 1. The molecule has 0 spiro atoms. The van der Waals surface area contributed by atoms with Crippen molar-refractivity contribution < 1.29 is 9.26 Å². The number of methoxy groups -OCH3 is 1. The minimum Gasteiger partial charge on any atom is -0.496 e. The Labute approximate surface area is 109 Å². The molecule has 0 aliphatic heterocycles. The number of nitrogens with one attached hydrogen (secondary N) is 1. The Morgan fingerprint density at radius 2 is 2.16 bits per heavy atom. The lowest BCUT2D eigenvalue weighted by Crippen LogP contribution is -1.92. The highest BCUT2D eigenvalue weighted by atomic mass is 16.5. The van der Waals surface area contributed by atoms with E-state index >= 15 is 0 Å². The van der Waals surface area contributed by atoms with Gasteiger partial charge in [-0.05, 0) is 6.07 Å². The number of aromatic amines is 1. The van der Waals surface area contributed by atoms with Crippen LogP contribution in [0, 0.1) is 0 Å². The van der Waals surface area contributed by atoms with Crippen molar-refractivity contribution in [2.24, 2.45) is 0 Å². The summed E-state index contributed by atoms with van der Waals surface area (Å²) in [5, 5.41) is 10.5. The first-order valence-corrected chi connectivity index (χ1v) is 5.69. The van der Waals surface area contributed by atoms with Crippen LogP contribution in [-0.4, -0.2) is 22.5 Å². The van der Waals surface area contributed by atoms with Crippen LogP contribution in [-0.2, 0) is 0 Å². The molecule has 0 radical (unpaired) electrons. The highest BCUT2D eigenvalue weighted by molar-refractivity contribution is 5.88. The first-order valence-electron chi connectivity index (χ1n) is 5.69. The van der Waals surface area contributed by atoms with Gasteiger partial charge in [-0.1, -0.05) is 23.4 Å². The molecule has 0 fully saturated rings. The number of anilines is 1. The number of hydrogen-bond acceptors (Lipinski definition) is 5. The number of nitrogen functional groups attached to an aromatic ring is 1. The zero-order valence-electron chi connectivity index (χ0n) is 10.3. The molecule has 0 atom stereocenters. The summed E-state index contributed by atoms with van der Waals surface area (Å²) in [6.07, 6.45) is 3.37. The first kappa shape index (κ1) is 11.3. The van der Waals surface area contributed by atoms with Crippen LogP contribution in [0.2, 0.25) is 0 Å². The number of hydrogen-bond donors (Lipinski definition) is 2. The number of H-pyrrole nitrogens is 1. The van der Waals surface area contributed by atoms with Crippen LogP contribution >= 0.6 is 0 Å². The molecule has 19 heavy (non-hydrogen) atoms. The number of rotatable bonds is 3. The zero-order chi connectivity index (χ0) is 13.2. The van der Waals surface area contributed by atoms with Gasteiger partial charge in [-0.3, -0.25) is 5.10 Å². The van der Waals surface area contributed by atoms with Gasteiger partial charge in [0.2, 0.25) is 0 Å². The molecule has 6 heteroatoms. The van der Waals surface area contributed by atoms with E-state index in [9.17, 15) is 0 Å². The minimum atomic E-state index is 0.320. The molecule has 1 aromatic carbocycles. The number of ether oxygens (including phenoxy) is 1. The number of nitrogens with zero attached hydrogens (tertiary/aromatic N) is 2. The summed E-state index contributed by atoms with van der Waals surface area (Å²) in [5.74, 6) is 1.60. The Morgan fingerprint density at radius 1 is 1.32 bits per heavy atom. The van der Waals surface area contributed by atoms with Gasteiger partial charge in [-0.15, -0.1) is 0 Å². The van der Waals surface area contributed by atoms with Gasteiger partial charge in [-0.2, -0.15) is 5.10 Å². The van der Waals surface area contributed by atoms with Gasteiger partial charge in [0.1, 0.15) is 5.75 Å². The van der Waals surface area contributed by atoms with E-state index in [1.807, 2.05) is 24.3 Å². The summed E-state index contributed by atoms with van der Waals surface area (Å²) in [5.41, 5.74) is 8.24. The highest BCUT2D eigenvalue weighted by Gasteiger charge is 2.20. The van der Waals surface area contributed by atoms with E-state index in [0.717, 1.165) is 11.1 Å². The van der Waals surface area contributed by atoms with Crippen molar-refractivity contribution in [3.8, 4) is 28.2 Å². The van der Waals surface area contributed by atoms with Gasteiger partial charge < -0.3 is 15.0 Å². The SMILES string of the molecule is COc1ccccc1-c1c(N)noc1-c1cn[nH]c1. The van der Waals surface area contributed by atoms with E-state index < -0.39 is 0 Å². The summed E-state index contributed by atoms with van der Waals surface area (Å²) in [4.78, 5) is 0. The molecule has 3 N–H and O–H groups in total. The van der Waals surface area contributed by atoms with E-state index in [1.165, 1.54) is 0 Å². The molecular weight excluding hydrogens is 244 g/mol. The molecule has 0 amide bonds. The second-order valence-corrected chi connectivity index (χ2v) is 3.96. The molecule has 0 aliphatic rings. The molecule has 0 unspecified atom stereocenters. The van der Waals surface area contributed by atoms with Crippen LogP contribution < -0.4 is 10.5 Å². The Hall–Kier alpha value is -2.76. The molecule has 2 heterocycles. The van der Waals surface area contributed by atoms with Crippen molar-refractivity contribution in [3.05, 3.63) is 36.7 Å². The van der Waals surface area contributed by atoms with Crippen LogP contribution in [0.1, 0.15) is 0 Å². The molecule has 0 saturated heterocycles. The summed E-state index contributed by atoms with van der Waals surface area (Å²) in [6, 6.07) is 7.57. The average Bonchev–Trinajstić information content (AvgIpc) is 3.07. The van der Waals surface area contributed by atoms with E-state index in [2.05, 4.69) is 15.4 Å². The Balaban J connectivity index is 2.23. The summed E-state index contributed by atoms with van der Waals surface area (Å²) in [7, 11) is 1.61. The van der Waals surface area contributed by atoms with Crippen LogP contribution in [0.3, 0.4) is 0 Å². The molecule has 96 valence electrons. The third-order valence-corrected chi connectivity index (χ3v) is 2.86. The second-order valence-electron chi connectivity index (χ2n) is 3.96. The van der Waals surface area contributed by atoms with E-state index in [1.54, 1.807) is 19.5 Å². The first-order chi connectivity index (χ1) is 9.31. The van der Waals surface area contributed by atoms with E-state index in [4.69, 9.17) is 15.0 Å². The third kappa shape index (κ3) is 1.83. The second kappa shape index (κ2) is 4.49. The Bertz CT molecular complexity index is 688. The van der Waals surface area contributed by atoms with Crippen LogP contribution in [0.4, 0.5) is 5.82 Å². The molecule has 0 saturated carbocycles. The Morgan fingerprint density at radius 3 is 2.89 bits per heavy atom. The lowest BCUT2D eigenvalue weighted by atomic mass is 10.0. The van der Waals surface area contributed by atoms with Gasteiger partial charge in [0.05, 0.1) is 24.4 Å². The number of aromatic nitrogens is 3. The summed E-state index contributed by atoms with van der Waals surface area (Å²) in [6.45, 7) is 0. The van der Waals surface area contributed by atoms with Gasteiger partial charge in [0, 0.05) is 11.8 Å². The zero-order valence-corrected chi connectivity index (χ0v) is 10.3. The van der Waals surface area contributed by atoms with Crippen molar-refractivity contribution in [1.82, 2.24) is 15.4 Å². The third-order valence-electron chi connectivity index (χ3n) is 2.86. The quantitative estimate of drug-likeness (QED) is 0.750. The highest BCUT2D eigenvalue weighted by Crippen LogP contribution is 2.40. The fourth-order valence-electron chi connectivity index (χ4n) is 1.99. The van der Waals surface area contributed by atoms with E-state index in [0.29, 0.717) is 22.9 Å².